The number of hydrogen-bond donors (Lipinski definition) is 1. The zero-order chi connectivity index (χ0) is 16.5. The molecule has 0 unspecified atom stereocenters. The highest BCUT2D eigenvalue weighted by atomic mass is 16.5. The molecule has 1 amide bonds. The van der Waals surface area contributed by atoms with Crippen LogP contribution in [0.3, 0.4) is 0 Å². The summed E-state index contributed by atoms with van der Waals surface area (Å²) in [6.07, 6.45) is 0. The lowest BCUT2D eigenvalue weighted by atomic mass is 10.2. The van der Waals surface area contributed by atoms with Gasteiger partial charge in [-0.3, -0.25) is 4.79 Å². The van der Waals surface area contributed by atoms with Crippen molar-refractivity contribution >= 4 is 5.91 Å². The van der Waals surface area contributed by atoms with Gasteiger partial charge in [0.15, 0.2) is 6.61 Å². The average molecular weight is 315 g/mol. The smallest absolute Gasteiger partial charge is 0.258 e. The van der Waals surface area contributed by atoms with Crippen molar-refractivity contribution in [3.05, 3.63) is 54.1 Å². The molecule has 23 heavy (non-hydrogen) atoms. The Morgan fingerprint density at radius 1 is 1.00 bits per heavy atom. The Bertz CT molecular complexity index is 625. The Morgan fingerprint density at radius 3 is 2.43 bits per heavy atom. The fourth-order valence-corrected chi connectivity index (χ4v) is 1.98. The van der Waals surface area contributed by atoms with Gasteiger partial charge in [0.1, 0.15) is 17.2 Å². The lowest BCUT2D eigenvalue weighted by Gasteiger charge is -2.09. The Labute approximate surface area is 136 Å². The van der Waals surface area contributed by atoms with Crippen LogP contribution < -0.4 is 19.5 Å². The SMILES string of the molecule is CCOc1cccc(CNC(=O)COc2ccc(OC)cc2)c1. The summed E-state index contributed by atoms with van der Waals surface area (Å²) in [7, 11) is 1.60. The molecule has 122 valence electrons. The van der Waals surface area contributed by atoms with Crippen molar-refractivity contribution in [3.63, 3.8) is 0 Å². The van der Waals surface area contributed by atoms with Crippen molar-refractivity contribution < 1.29 is 19.0 Å². The van der Waals surface area contributed by atoms with Crippen molar-refractivity contribution in [3.8, 4) is 17.2 Å². The molecule has 0 aliphatic heterocycles. The molecule has 5 heteroatoms. The summed E-state index contributed by atoms with van der Waals surface area (Å²) in [5, 5.41) is 2.82. The molecule has 0 saturated heterocycles. The zero-order valence-corrected chi connectivity index (χ0v) is 13.4. The van der Waals surface area contributed by atoms with Crippen LogP contribution in [0.5, 0.6) is 17.2 Å². The fourth-order valence-electron chi connectivity index (χ4n) is 1.98. The van der Waals surface area contributed by atoms with E-state index in [1.54, 1.807) is 31.4 Å². The number of hydrogen-bond acceptors (Lipinski definition) is 4. The molecule has 0 aliphatic carbocycles. The van der Waals surface area contributed by atoms with E-state index in [1.807, 2.05) is 31.2 Å². The number of carbonyl (C=O) groups excluding carboxylic acids is 1. The van der Waals surface area contributed by atoms with E-state index in [-0.39, 0.29) is 12.5 Å². The van der Waals surface area contributed by atoms with Crippen LogP contribution in [0.25, 0.3) is 0 Å². The molecule has 0 spiro atoms. The number of ether oxygens (including phenoxy) is 3. The Hall–Kier alpha value is -2.69. The van der Waals surface area contributed by atoms with Gasteiger partial charge >= 0.3 is 0 Å². The van der Waals surface area contributed by atoms with Crippen LogP contribution in [0, 0.1) is 0 Å². The van der Waals surface area contributed by atoms with Gasteiger partial charge in [0, 0.05) is 6.54 Å². The number of methoxy groups -OCH3 is 1. The lowest BCUT2D eigenvalue weighted by molar-refractivity contribution is -0.123. The summed E-state index contributed by atoms with van der Waals surface area (Å²) in [4.78, 5) is 11.8. The highest BCUT2D eigenvalue weighted by Crippen LogP contribution is 2.17. The van der Waals surface area contributed by atoms with E-state index in [0.29, 0.717) is 18.9 Å². The normalized spacial score (nSPS) is 10.0. The fraction of sp³-hybridized carbons (Fsp3) is 0.278. The van der Waals surface area contributed by atoms with Gasteiger partial charge in [0.25, 0.3) is 5.91 Å². The van der Waals surface area contributed by atoms with Crippen LogP contribution in [0.15, 0.2) is 48.5 Å². The van der Waals surface area contributed by atoms with Gasteiger partial charge in [0.05, 0.1) is 13.7 Å². The van der Waals surface area contributed by atoms with Crippen molar-refractivity contribution in [2.24, 2.45) is 0 Å². The minimum Gasteiger partial charge on any atom is -0.497 e. The van der Waals surface area contributed by atoms with E-state index in [2.05, 4.69) is 5.32 Å². The molecule has 0 aliphatic rings. The quantitative estimate of drug-likeness (QED) is 0.814. The third-order valence-electron chi connectivity index (χ3n) is 3.13. The van der Waals surface area contributed by atoms with Gasteiger partial charge in [-0.2, -0.15) is 0 Å². The molecular weight excluding hydrogens is 294 g/mol. The Kier molecular flexibility index (Phi) is 6.29. The second-order valence-corrected chi connectivity index (χ2v) is 4.82. The first kappa shape index (κ1) is 16.7. The molecule has 0 bridgehead atoms. The summed E-state index contributed by atoms with van der Waals surface area (Å²) in [5.74, 6) is 1.99. The van der Waals surface area contributed by atoms with Crippen molar-refractivity contribution in [2.45, 2.75) is 13.5 Å². The van der Waals surface area contributed by atoms with Crippen molar-refractivity contribution in [1.82, 2.24) is 5.32 Å². The summed E-state index contributed by atoms with van der Waals surface area (Å²) >= 11 is 0. The van der Waals surface area contributed by atoms with Gasteiger partial charge in [-0.25, -0.2) is 0 Å². The first-order valence-electron chi connectivity index (χ1n) is 7.46. The maximum atomic E-state index is 11.8. The van der Waals surface area contributed by atoms with Gasteiger partial charge in [-0.05, 0) is 48.9 Å². The predicted octanol–water partition coefficient (Wildman–Crippen LogP) is 2.79. The van der Waals surface area contributed by atoms with Crippen LogP contribution in [-0.2, 0) is 11.3 Å². The highest BCUT2D eigenvalue weighted by molar-refractivity contribution is 5.77. The number of amides is 1. The molecule has 0 radical (unpaired) electrons. The van der Waals surface area contributed by atoms with Crippen LogP contribution in [0.4, 0.5) is 0 Å². The molecule has 0 atom stereocenters. The summed E-state index contributed by atoms with van der Waals surface area (Å²) < 4.78 is 15.9. The Morgan fingerprint density at radius 2 is 1.74 bits per heavy atom. The lowest BCUT2D eigenvalue weighted by Crippen LogP contribution is -2.28. The largest absolute Gasteiger partial charge is 0.497 e. The van der Waals surface area contributed by atoms with E-state index >= 15 is 0 Å². The first-order chi connectivity index (χ1) is 11.2. The zero-order valence-electron chi connectivity index (χ0n) is 13.4. The highest BCUT2D eigenvalue weighted by Gasteiger charge is 2.04. The van der Waals surface area contributed by atoms with Crippen LogP contribution in [0.2, 0.25) is 0 Å². The average Bonchev–Trinajstić information content (AvgIpc) is 2.59. The van der Waals surface area contributed by atoms with Crippen molar-refractivity contribution in [1.29, 1.82) is 0 Å². The maximum Gasteiger partial charge on any atom is 0.258 e. The molecule has 0 fully saturated rings. The minimum atomic E-state index is -0.178. The molecule has 5 nitrogen and oxygen atoms in total. The standard InChI is InChI=1S/C18H21NO4/c1-3-22-17-6-4-5-14(11-17)12-19-18(20)13-23-16-9-7-15(21-2)8-10-16/h4-11H,3,12-13H2,1-2H3,(H,19,20). The summed E-state index contributed by atoms with van der Waals surface area (Å²) in [6.45, 7) is 2.96. The van der Waals surface area contributed by atoms with E-state index in [0.717, 1.165) is 17.1 Å². The first-order valence-corrected chi connectivity index (χ1v) is 7.46. The molecule has 0 aromatic heterocycles. The number of nitrogens with one attached hydrogen (secondary N) is 1. The monoisotopic (exact) mass is 315 g/mol. The minimum absolute atomic E-state index is 0.0303. The van der Waals surface area contributed by atoms with Crippen LogP contribution in [-0.4, -0.2) is 26.2 Å². The third kappa shape index (κ3) is 5.54. The van der Waals surface area contributed by atoms with E-state index in [1.165, 1.54) is 0 Å². The molecule has 0 heterocycles. The van der Waals surface area contributed by atoms with E-state index in [4.69, 9.17) is 14.2 Å². The summed E-state index contributed by atoms with van der Waals surface area (Å²) in [6, 6.07) is 14.7. The van der Waals surface area contributed by atoms with Gasteiger partial charge in [-0.15, -0.1) is 0 Å². The molecule has 2 aromatic rings. The van der Waals surface area contributed by atoms with Gasteiger partial charge in [0.2, 0.25) is 0 Å². The Balaban J connectivity index is 1.77. The second kappa shape index (κ2) is 8.68. The number of benzene rings is 2. The van der Waals surface area contributed by atoms with E-state index < -0.39 is 0 Å². The van der Waals surface area contributed by atoms with Crippen LogP contribution in [0.1, 0.15) is 12.5 Å². The topological polar surface area (TPSA) is 56.8 Å². The molecule has 0 saturated carbocycles. The third-order valence-corrected chi connectivity index (χ3v) is 3.13. The molecule has 2 rings (SSSR count). The molecule has 1 N–H and O–H groups in total. The number of carbonyl (C=O) groups is 1. The molecule has 2 aromatic carbocycles. The number of rotatable bonds is 8. The van der Waals surface area contributed by atoms with Gasteiger partial charge < -0.3 is 19.5 Å². The second-order valence-electron chi connectivity index (χ2n) is 4.82. The predicted molar refractivity (Wildman–Crippen MR) is 87.9 cm³/mol. The van der Waals surface area contributed by atoms with Crippen molar-refractivity contribution in [2.75, 3.05) is 20.3 Å². The maximum absolute atomic E-state index is 11.8. The summed E-state index contributed by atoms with van der Waals surface area (Å²) in [5.41, 5.74) is 0.980. The van der Waals surface area contributed by atoms with Crippen LogP contribution >= 0.6 is 0 Å². The molecular formula is C18H21NO4. The van der Waals surface area contributed by atoms with E-state index in [9.17, 15) is 4.79 Å². The van der Waals surface area contributed by atoms with Gasteiger partial charge in [-0.1, -0.05) is 12.1 Å².